The van der Waals surface area contributed by atoms with E-state index in [1.54, 1.807) is 12.1 Å². The van der Waals surface area contributed by atoms with E-state index in [1.807, 2.05) is 0 Å². The maximum atomic E-state index is 12.6. The first-order valence-corrected chi connectivity index (χ1v) is 11.5. The number of carbonyl (C=O) groups excluding carboxylic acids is 2. The molecule has 1 aliphatic heterocycles. The summed E-state index contributed by atoms with van der Waals surface area (Å²) >= 11 is 0.299. The van der Waals surface area contributed by atoms with E-state index in [1.165, 1.54) is 34.6 Å². The second-order valence-corrected chi connectivity index (χ2v) is 9.37. The number of hydrogen-bond donors (Lipinski definition) is 1. The molecule has 7 nitrogen and oxygen atoms in total. The molecule has 0 spiro atoms. The lowest BCUT2D eigenvalue weighted by Gasteiger charge is -2.16. The largest absolute Gasteiger partial charge is 0.452 e. The Bertz CT molecular complexity index is 1080. The predicted octanol–water partition coefficient (Wildman–Crippen LogP) is 3.12. The van der Waals surface area contributed by atoms with Crippen molar-refractivity contribution in [3.05, 3.63) is 53.6 Å². The second kappa shape index (κ2) is 9.00. The van der Waals surface area contributed by atoms with Gasteiger partial charge >= 0.3 is 5.97 Å². The van der Waals surface area contributed by atoms with Crippen LogP contribution in [0.5, 0.6) is 0 Å². The number of thioether (sulfide) groups is 1. The Morgan fingerprint density at radius 3 is 2.67 bits per heavy atom. The van der Waals surface area contributed by atoms with Crippen molar-refractivity contribution in [3.63, 3.8) is 0 Å². The van der Waals surface area contributed by atoms with Crippen molar-refractivity contribution in [2.45, 2.75) is 17.1 Å². The molecule has 0 saturated carbocycles. The van der Waals surface area contributed by atoms with Gasteiger partial charge in [0.15, 0.2) is 6.61 Å². The number of hydrogen-bond acceptors (Lipinski definition) is 6. The van der Waals surface area contributed by atoms with Gasteiger partial charge in [0.2, 0.25) is 10.0 Å². The zero-order valence-electron chi connectivity index (χ0n) is 15.8. The Labute approximate surface area is 176 Å². The summed E-state index contributed by atoms with van der Waals surface area (Å²) in [5, 5.41) is 2.44. The topological polar surface area (TPSA) is 92.8 Å². The molecule has 0 atom stereocenters. The van der Waals surface area contributed by atoms with E-state index >= 15 is 0 Å². The number of alkyl halides is 2. The van der Waals surface area contributed by atoms with Gasteiger partial charge < -0.3 is 10.1 Å². The Hall–Kier alpha value is -2.66. The molecule has 0 saturated heterocycles. The summed E-state index contributed by atoms with van der Waals surface area (Å²) in [6, 6.07) is 10.6. The van der Waals surface area contributed by atoms with Crippen LogP contribution in [-0.4, -0.2) is 45.5 Å². The van der Waals surface area contributed by atoms with Crippen LogP contribution in [0.2, 0.25) is 0 Å². The minimum atomic E-state index is -3.40. The Kier molecular flexibility index (Phi) is 6.61. The quantitative estimate of drug-likeness (QED) is 0.508. The average molecular weight is 456 g/mol. The fourth-order valence-electron chi connectivity index (χ4n) is 3.01. The summed E-state index contributed by atoms with van der Waals surface area (Å²) in [6.07, 6.45) is 1.57. The number of sulfonamides is 1. The lowest BCUT2D eigenvalue weighted by atomic mass is 10.1. The summed E-state index contributed by atoms with van der Waals surface area (Å²) in [5.74, 6) is -4.06. The van der Waals surface area contributed by atoms with E-state index in [2.05, 4.69) is 5.32 Å². The van der Waals surface area contributed by atoms with Gasteiger partial charge in [0.1, 0.15) is 0 Å². The molecule has 1 amide bonds. The van der Waals surface area contributed by atoms with Gasteiger partial charge in [-0.1, -0.05) is 23.9 Å². The standard InChI is InChI=1S/C19H18F2N2O5S2/c1-30(26,27)23-9-8-12-10-13(6-7-15(12)23)18(25)28-11-17(24)22-14-4-2-3-5-16(14)29-19(20)21/h2-7,10,19H,8-9,11H2,1H3,(H,22,24). The van der Waals surface area contributed by atoms with E-state index in [4.69, 9.17) is 4.74 Å². The summed E-state index contributed by atoms with van der Waals surface area (Å²) in [4.78, 5) is 24.5. The number of carbonyl (C=O) groups is 2. The van der Waals surface area contributed by atoms with Gasteiger partial charge in [-0.15, -0.1) is 0 Å². The average Bonchev–Trinajstić information content (AvgIpc) is 3.11. The molecule has 0 unspecified atom stereocenters. The fraction of sp³-hybridized carbons (Fsp3) is 0.263. The van der Waals surface area contributed by atoms with Crippen LogP contribution >= 0.6 is 11.8 Å². The Morgan fingerprint density at radius 1 is 1.23 bits per heavy atom. The zero-order chi connectivity index (χ0) is 21.9. The van der Waals surface area contributed by atoms with Crippen LogP contribution in [0.3, 0.4) is 0 Å². The highest BCUT2D eigenvalue weighted by Gasteiger charge is 2.27. The lowest BCUT2D eigenvalue weighted by Crippen LogP contribution is -2.27. The Balaban J connectivity index is 1.61. The highest BCUT2D eigenvalue weighted by atomic mass is 32.2. The number of nitrogens with one attached hydrogen (secondary N) is 1. The molecule has 0 bridgehead atoms. The first-order chi connectivity index (χ1) is 14.1. The van der Waals surface area contributed by atoms with Crippen molar-refractivity contribution in [2.75, 3.05) is 29.0 Å². The van der Waals surface area contributed by atoms with E-state index in [9.17, 15) is 26.8 Å². The third-order valence-corrected chi connectivity index (χ3v) is 6.25. The molecule has 2 aromatic rings. The SMILES string of the molecule is CS(=O)(=O)N1CCc2cc(C(=O)OCC(=O)Nc3ccccc3SC(F)F)ccc21. The van der Waals surface area contributed by atoms with Gasteiger partial charge in [-0.3, -0.25) is 9.10 Å². The minimum absolute atomic E-state index is 0.186. The van der Waals surface area contributed by atoms with Crippen LogP contribution < -0.4 is 9.62 Å². The van der Waals surface area contributed by atoms with Crippen molar-refractivity contribution >= 4 is 45.0 Å². The maximum absolute atomic E-state index is 12.6. The van der Waals surface area contributed by atoms with Gasteiger partial charge in [0, 0.05) is 11.4 Å². The molecule has 30 heavy (non-hydrogen) atoms. The number of ether oxygens (including phenoxy) is 1. The summed E-state index contributed by atoms with van der Waals surface area (Å²) in [7, 11) is -3.40. The number of anilines is 2. The maximum Gasteiger partial charge on any atom is 0.338 e. The first-order valence-electron chi connectivity index (χ1n) is 8.76. The number of halogens is 2. The van der Waals surface area contributed by atoms with Gasteiger partial charge in [-0.25, -0.2) is 13.2 Å². The minimum Gasteiger partial charge on any atom is -0.452 e. The number of para-hydroxylation sites is 1. The number of esters is 1. The smallest absolute Gasteiger partial charge is 0.338 e. The highest BCUT2D eigenvalue weighted by Crippen LogP contribution is 2.32. The molecule has 160 valence electrons. The van der Waals surface area contributed by atoms with Gasteiger partial charge in [-0.05, 0) is 42.3 Å². The summed E-state index contributed by atoms with van der Waals surface area (Å²) < 4.78 is 55.0. The third kappa shape index (κ3) is 5.28. The molecule has 1 aliphatic rings. The summed E-state index contributed by atoms with van der Waals surface area (Å²) in [5.41, 5.74) is 1.59. The molecule has 1 N–H and O–H groups in total. The van der Waals surface area contributed by atoms with E-state index in [-0.39, 0.29) is 16.1 Å². The van der Waals surface area contributed by atoms with Crippen LogP contribution in [0.25, 0.3) is 0 Å². The van der Waals surface area contributed by atoms with Gasteiger partial charge in [0.05, 0.1) is 23.2 Å². The van der Waals surface area contributed by atoms with Crippen LogP contribution in [0.15, 0.2) is 47.4 Å². The number of nitrogens with zero attached hydrogens (tertiary/aromatic N) is 1. The molecule has 0 radical (unpaired) electrons. The molecule has 0 fully saturated rings. The number of rotatable bonds is 7. The van der Waals surface area contributed by atoms with E-state index < -0.39 is 34.3 Å². The molecule has 11 heteroatoms. The van der Waals surface area contributed by atoms with E-state index in [0.29, 0.717) is 36.0 Å². The fourth-order valence-corrected chi connectivity index (χ4v) is 4.57. The molecular formula is C19H18F2N2O5S2. The van der Waals surface area contributed by atoms with Crippen molar-refractivity contribution in [2.24, 2.45) is 0 Å². The second-order valence-electron chi connectivity index (χ2n) is 6.43. The molecule has 3 rings (SSSR count). The highest BCUT2D eigenvalue weighted by molar-refractivity contribution is 7.99. The number of fused-ring (bicyclic) bond motifs is 1. The summed E-state index contributed by atoms with van der Waals surface area (Å²) in [6.45, 7) is -0.301. The van der Waals surface area contributed by atoms with Crippen LogP contribution in [0, 0.1) is 0 Å². The third-order valence-electron chi connectivity index (χ3n) is 4.28. The van der Waals surface area contributed by atoms with Crippen molar-refractivity contribution in [1.82, 2.24) is 0 Å². The Morgan fingerprint density at radius 2 is 1.97 bits per heavy atom. The lowest BCUT2D eigenvalue weighted by molar-refractivity contribution is -0.119. The van der Waals surface area contributed by atoms with Crippen LogP contribution in [-0.2, 0) is 26.0 Å². The monoisotopic (exact) mass is 456 g/mol. The normalized spacial score (nSPS) is 13.3. The molecule has 0 aromatic heterocycles. The molecule has 0 aliphatic carbocycles. The predicted molar refractivity (Wildman–Crippen MR) is 110 cm³/mol. The molecule has 1 heterocycles. The number of benzene rings is 2. The van der Waals surface area contributed by atoms with E-state index in [0.717, 1.165) is 6.26 Å². The van der Waals surface area contributed by atoms with Crippen LogP contribution in [0.1, 0.15) is 15.9 Å². The molecule has 2 aromatic carbocycles. The van der Waals surface area contributed by atoms with Crippen LogP contribution in [0.4, 0.5) is 20.2 Å². The first kappa shape index (κ1) is 22.0. The van der Waals surface area contributed by atoms with Gasteiger partial charge in [-0.2, -0.15) is 8.78 Å². The zero-order valence-corrected chi connectivity index (χ0v) is 17.4. The number of amides is 1. The molecular weight excluding hydrogens is 438 g/mol. The van der Waals surface area contributed by atoms with Crippen molar-refractivity contribution < 1.29 is 31.5 Å². The van der Waals surface area contributed by atoms with Gasteiger partial charge in [0.25, 0.3) is 11.7 Å². The van der Waals surface area contributed by atoms with Crippen molar-refractivity contribution in [1.29, 1.82) is 0 Å². The van der Waals surface area contributed by atoms with Crippen molar-refractivity contribution in [3.8, 4) is 0 Å².